The summed E-state index contributed by atoms with van der Waals surface area (Å²) in [5.74, 6) is -3.84. The zero-order chi connectivity index (χ0) is 23.2. The molecule has 0 heterocycles. The summed E-state index contributed by atoms with van der Waals surface area (Å²) in [4.78, 5) is 12.0. The lowest BCUT2D eigenvalue weighted by atomic mass is 9.72. The van der Waals surface area contributed by atoms with Crippen LogP contribution in [0.25, 0.3) is 0 Å². The smallest absolute Gasteiger partial charge is 0.353 e. The summed E-state index contributed by atoms with van der Waals surface area (Å²) in [6, 6.07) is 3.43. The molecule has 174 valence electrons. The third kappa shape index (κ3) is 4.88. The standard InChI is InChI=1S/C21H26F5NO3S/c1-19(2,31(29,30)17-5-3-4-14(12-17)21(24,25)26)15-10-16(11-15)27-18(28)13-6-8-20(22,23)9-7-13/h3-5,12-13,15-16H,6-11H2,1-2H3,(H,27,28). The SMILES string of the molecule is CC(C)(C1CC(NC(=O)C2CCC(F)(F)CC2)C1)S(=O)(=O)c1cccc(C(F)(F)F)c1. The second kappa shape index (κ2) is 8.01. The van der Waals surface area contributed by atoms with E-state index in [0.29, 0.717) is 18.9 Å². The van der Waals surface area contributed by atoms with Gasteiger partial charge in [0.05, 0.1) is 15.2 Å². The Morgan fingerprint density at radius 1 is 1.10 bits per heavy atom. The number of carbonyl (C=O) groups excluding carboxylic acids is 1. The van der Waals surface area contributed by atoms with E-state index < -0.39 is 38.2 Å². The molecule has 0 unspecified atom stereocenters. The molecule has 2 aliphatic rings. The number of alkyl halides is 5. The van der Waals surface area contributed by atoms with Gasteiger partial charge in [-0.25, -0.2) is 17.2 Å². The Kier molecular flexibility index (Phi) is 6.19. The summed E-state index contributed by atoms with van der Waals surface area (Å²) in [6.07, 6.45) is -4.33. The Labute approximate surface area is 178 Å². The molecule has 4 nitrogen and oxygen atoms in total. The third-order valence-corrected chi connectivity index (χ3v) is 9.31. The molecule has 0 aromatic heterocycles. The summed E-state index contributed by atoms with van der Waals surface area (Å²) in [5, 5.41) is 2.81. The highest BCUT2D eigenvalue weighted by Gasteiger charge is 2.49. The van der Waals surface area contributed by atoms with Crippen molar-refractivity contribution in [3.8, 4) is 0 Å². The maximum atomic E-state index is 13.3. The minimum atomic E-state index is -4.65. The molecule has 0 saturated heterocycles. The molecule has 1 N–H and O–H groups in total. The van der Waals surface area contributed by atoms with Crippen LogP contribution in [-0.2, 0) is 20.8 Å². The fourth-order valence-electron chi connectivity index (χ4n) is 4.29. The van der Waals surface area contributed by atoms with E-state index in [2.05, 4.69) is 5.32 Å². The van der Waals surface area contributed by atoms with Gasteiger partial charge in [-0.05, 0) is 63.6 Å². The minimum Gasteiger partial charge on any atom is -0.353 e. The van der Waals surface area contributed by atoms with Crippen LogP contribution < -0.4 is 5.32 Å². The van der Waals surface area contributed by atoms with E-state index in [9.17, 15) is 35.2 Å². The monoisotopic (exact) mass is 467 g/mol. The molecule has 2 fully saturated rings. The van der Waals surface area contributed by atoms with Crippen molar-refractivity contribution in [2.75, 3.05) is 0 Å². The topological polar surface area (TPSA) is 63.2 Å². The van der Waals surface area contributed by atoms with Crippen LogP contribution in [0.3, 0.4) is 0 Å². The van der Waals surface area contributed by atoms with Crippen LogP contribution in [0.2, 0.25) is 0 Å². The summed E-state index contributed by atoms with van der Waals surface area (Å²) in [7, 11) is -4.06. The minimum absolute atomic E-state index is 0.115. The number of amides is 1. The van der Waals surface area contributed by atoms with Crippen molar-refractivity contribution >= 4 is 15.7 Å². The van der Waals surface area contributed by atoms with Gasteiger partial charge in [0.25, 0.3) is 0 Å². The quantitative estimate of drug-likeness (QED) is 0.622. The van der Waals surface area contributed by atoms with E-state index in [0.717, 1.165) is 18.2 Å². The molecule has 2 aliphatic carbocycles. The Balaban J connectivity index is 1.62. The lowest BCUT2D eigenvalue weighted by molar-refractivity contribution is -0.137. The van der Waals surface area contributed by atoms with Gasteiger partial charge in [-0.3, -0.25) is 4.79 Å². The van der Waals surface area contributed by atoms with Gasteiger partial charge in [-0.1, -0.05) is 6.07 Å². The van der Waals surface area contributed by atoms with E-state index in [4.69, 9.17) is 0 Å². The van der Waals surface area contributed by atoms with Gasteiger partial charge in [0, 0.05) is 24.8 Å². The van der Waals surface area contributed by atoms with E-state index in [1.54, 1.807) is 0 Å². The molecule has 1 aromatic carbocycles. The first kappa shape index (κ1) is 23.9. The van der Waals surface area contributed by atoms with E-state index in [1.165, 1.54) is 13.8 Å². The maximum Gasteiger partial charge on any atom is 0.416 e. The summed E-state index contributed by atoms with van der Waals surface area (Å²) < 4.78 is 90.3. The predicted molar refractivity (Wildman–Crippen MR) is 104 cm³/mol. The highest BCUT2D eigenvalue weighted by molar-refractivity contribution is 7.92. The zero-order valence-electron chi connectivity index (χ0n) is 17.3. The van der Waals surface area contributed by atoms with E-state index >= 15 is 0 Å². The maximum absolute atomic E-state index is 13.3. The van der Waals surface area contributed by atoms with Gasteiger partial charge in [0.15, 0.2) is 9.84 Å². The van der Waals surface area contributed by atoms with Crippen LogP contribution in [0.15, 0.2) is 29.2 Å². The zero-order valence-corrected chi connectivity index (χ0v) is 18.1. The molecule has 3 rings (SSSR count). The number of rotatable bonds is 5. The highest BCUT2D eigenvalue weighted by Crippen LogP contribution is 2.44. The summed E-state index contributed by atoms with van der Waals surface area (Å²) in [6.45, 7) is 2.96. The number of hydrogen-bond donors (Lipinski definition) is 1. The van der Waals surface area contributed by atoms with Gasteiger partial charge >= 0.3 is 6.18 Å². The Morgan fingerprint density at radius 2 is 1.68 bits per heavy atom. The van der Waals surface area contributed by atoms with Gasteiger partial charge in [0.2, 0.25) is 11.8 Å². The van der Waals surface area contributed by atoms with E-state index in [-0.39, 0.29) is 48.4 Å². The number of benzene rings is 1. The molecular formula is C21H26F5NO3S. The number of nitrogens with one attached hydrogen (secondary N) is 1. The Bertz CT molecular complexity index is 927. The van der Waals surface area contributed by atoms with Crippen molar-refractivity contribution in [1.82, 2.24) is 5.32 Å². The molecule has 0 atom stereocenters. The van der Waals surface area contributed by atoms with Crippen LogP contribution >= 0.6 is 0 Å². The van der Waals surface area contributed by atoms with Gasteiger partial charge in [-0.2, -0.15) is 13.2 Å². The first-order valence-corrected chi connectivity index (χ1v) is 11.7. The molecule has 0 radical (unpaired) electrons. The molecule has 0 spiro atoms. The average Bonchev–Trinajstić information content (AvgIpc) is 2.63. The van der Waals surface area contributed by atoms with Crippen molar-refractivity contribution in [3.05, 3.63) is 29.8 Å². The number of sulfone groups is 1. The second-order valence-corrected chi connectivity index (χ2v) is 11.7. The van der Waals surface area contributed by atoms with Gasteiger partial charge < -0.3 is 5.32 Å². The van der Waals surface area contributed by atoms with Crippen LogP contribution in [0, 0.1) is 11.8 Å². The predicted octanol–water partition coefficient (Wildman–Crippen LogP) is 4.98. The Hall–Kier alpha value is -1.71. The molecular weight excluding hydrogens is 441 g/mol. The van der Waals surface area contributed by atoms with Gasteiger partial charge in [-0.15, -0.1) is 0 Å². The van der Waals surface area contributed by atoms with Crippen molar-refractivity contribution in [1.29, 1.82) is 0 Å². The first-order chi connectivity index (χ1) is 14.1. The molecule has 0 bridgehead atoms. The van der Waals surface area contributed by atoms with Crippen LogP contribution in [0.4, 0.5) is 22.0 Å². The lowest BCUT2D eigenvalue weighted by Gasteiger charge is -2.45. The molecule has 1 amide bonds. The fourth-order valence-corrected chi connectivity index (χ4v) is 6.07. The fraction of sp³-hybridized carbons (Fsp3) is 0.667. The van der Waals surface area contributed by atoms with Crippen molar-refractivity contribution in [3.63, 3.8) is 0 Å². The first-order valence-electron chi connectivity index (χ1n) is 10.2. The molecule has 0 aliphatic heterocycles. The highest BCUT2D eigenvalue weighted by atomic mass is 32.2. The number of carbonyl (C=O) groups is 1. The third-order valence-electron chi connectivity index (χ3n) is 6.72. The normalized spacial score (nSPS) is 25.0. The van der Waals surface area contributed by atoms with Crippen LogP contribution in [0.5, 0.6) is 0 Å². The number of halogens is 5. The van der Waals surface area contributed by atoms with Crippen molar-refractivity contribution in [2.24, 2.45) is 11.8 Å². The van der Waals surface area contributed by atoms with Crippen LogP contribution in [0.1, 0.15) is 57.9 Å². The van der Waals surface area contributed by atoms with Crippen LogP contribution in [-0.4, -0.2) is 31.0 Å². The van der Waals surface area contributed by atoms with E-state index in [1.807, 2.05) is 0 Å². The lowest BCUT2D eigenvalue weighted by Crippen LogP contribution is -2.54. The summed E-state index contributed by atoms with van der Waals surface area (Å²) in [5.41, 5.74) is -1.03. The molecule has 1 aromatic rings. The molecule has 10 heteroatoms. The van der Waals surface area contributed by atoms with Crippen molar-refractivity contribution in [2.45, 2.75) is 80.2 Å². The van der Waals surface area contributed by atoms with Crippen molar-refractivity contribution < 1.29 is 35.2 Å². The number of hydrogen-bond acceptors (Lipinski definition) is 3. The summed E-state index contributed by atoms with van der Waals surface area (Å²) >= 11 is 0. The average molecular weight is 468 g/mol. The second-order valence-electron chi connectivity index (χ2n) is 9.14. The largest absolute Gasteiger partial charge is 0.416 e. The molecule has 31 heavy (non-hydrogen) atoms. The molecule has 2 saturated carbocycles. The van der Waals surface area contributed by atoms with Gasteiger partial charge in [0.1, 0.15) is 0 Å². The Morgan fingerprint density at radius 3 is 2.23 bits per heavy atom.